The summed E-state index contributed by atoms with van der Waals surface area (Å²) < 4.78 is 12.6. The molecule has 0 saturated carbocycles. The Balaban J connectivity index is 1.83. The molecule has 0 spiro atoms. The summed E-state index contributed by atoms with van der Waals surface area (Å²) in [5.74, 6) is 2.16. The second-order valence-corrected chi connectivity index (χ2v) is 5.57. The number of para-hydroxylation sites is 1. The van der Waals surface area contributed by atoms with E-state index in [9.17, 15) is 0 Å². The second kappa shape index (κ2) is 6.27. The third-order valence-electron chi connectivity index (χ3n) is 4.17. The number of fused-ring (bicyclic) bond motifs is 1. The Morgan fingerprint density at radius 3 is 2.76 bits per heavy atom. The molecule has 0 fully saturated rings. The fraction of sp³-hybridized carbons (Fsp3) is 0.167. The number of allylic oxidation sites excluding steroid dienone is 1. The Bertz CT molecular complexity index is 934. The average molecular weight is 335 g/mol. The maximum atomic E-state index is 5.52. The molecule has 1 aromatic heterocycles. The number of tetrazole rings is 1. The molecular formula is C18H17N5O2. The third kappa shape index (κ3) is 2.69. The molecule has 0 aliphatic carbocycles. The van der Waals surface area contributed by atoms with Gasteiger partial charge in [-0.25, -0.2) is 0 Å². The summed E-state index contributed by atoms with van der Waals surface area (Å²) in [5.41, 5.74) is 2.89. The van der Waals surface area contributed by atoms with Crippen molar-refractivity contribution in [3.05, 3.63) is 65.7 Å². The molecule has 1 aliphatic heterocycles. The fourth-order valence-corrected chi connectivity index (χ4v) is 2.95. The maximum absolute atomic E-state index is 5.52. The minimum Gasteiger partial charge on any atom is -0.497 e. The predicted molar refractivity (Wildman–Crippen MR) is 93.5 cm³/mol. The summed E-state index contributed by atoms with van der Waals surface area (Å²) in [7, 11) is 3.31. The lowest BCUT2D eigenvalue weighted by Crippen LogP contribution is -2.20. The Morgan fingerprint density at radius 2 is 1.92 bits per heavy atom. The van der Waals surface area contributed by atoms with E-state index >= 15 is 0 Å². The first-order chi connectivity index (χ1) is 12.3. The molecule has 4 rings (SSSR count). The highest BCUT2D eigenvalue weighted by Gasteiger charge is 2.26. The number of methoxy groups -OCH3 is 2. The number of hydrogen-bond donors (Lipinski definition) is 1. The lowest BCUT2D eigenvalue weighted by atomic mass is 10.0. The molecule has 7 heteroatoms. The number of anilines is 1. The molecule has 1 aliphatic rings. The van der Waals surface area contributed by atoms with Crippen molar-refractivity contribution in [2.24, 2.45) is 0 Å². The van der Waals surface area contributed by atoms with Crippen molar-refractivity contribution in [1.82, 2.24) is 20.2 Å². The highest BCUT2D eigenvalue weighted by Crippen LogP contribution is 2.36. The highest BCUT2D eigenvalue weighted by atomic mass is 16.5. The van der Waals surface area contributed by atoms with Crippen LogP contribution in [0, 0.1) is 0 Å². The van der Waals surface area contributed by atoms with Gasteiger partial charge in [0, 0.05) is 16.8 Å². The van der Waals surface area contributed by atoms with Gasteiger partial charge < -0.3 is 14.8 Å². The largest absolute Gasteiger partial charge is 0.497 e. The van der Waals surface area contributed by atoms with E-state index in [0.717, 1.165) is 28.3 Å². The standard InChI is InChI=1S/C18H17N5O2/c1-24-13-7-5-6-12(10-13)15-11-16(23-18(19-15)20-21-22-23)14-8-3-4-9-17(14)25-2/h3-11,16H,1-2H3,(H,19,20,22). The monoisotopic (exact) mass is 335 g/mol. The first kappa shape index (κ1) is 15.2. The zero-order chi connectivity index (χ0) is 17.2. The van der Waals surface area contributed by atoms with Gasteiger partial charge in [0.15, 0.2) is 0 Å². The van der Waals surface area contributed by atoms with Gasteiger partial charge in [0.1, 0.15) is 17.5 Å². The number of rotatable bonds is 4. The van der Waals surface area contributed by atoms with Crippen LogP contribution in [-0.4, -0.2) is 34.4 Å². The van der Waals surface area contributed by atoms with Gasteiger partial charge in [-0.3, -0.25) is 0 Å². The van der Waals surface area contributed by atoms with Crippen LogP contribution in [0.4, 0.5) is 5.95 Å². The molecule has 0 bridgehead atoms. The molecule has 0 amide bonds. The van der Waals surface area contributed by atoms with Gasteiger partial charge in [0.25, 0.3) is 0 Å². The molecule has 126 valence electrons. The Kier molecular flexibility index (Phi) is 3.81. The summed E-state index contributed by atoms with van der Waals surface area (Å²) in [5, 5.41) is 15.3. The van der Waals surface area contributed by atoms with E-state index in [1.54, 1.807) is 18.9 Å². The van der Waals surface area contributed by atoms with E-state index in [1.807, 2.05) is 48.5 Å². The molecule has 0 saturated heterocycles. The van der Waals surface area contributed by atoms with Gasteiger partial charge in [0.05, 0.1) is 14.2 Å². The van der Waals surface area contributed by atoms with Gasteiger partial charge in [-0.2, -0.15) is 4.68 Å². The molecule has 25 heavy (non-hydrogen) atoms. The van der Waals surface area contributed by atoms with Crippen LogP contribution in [0.5, 0.6) is 11.5 Å². The molecule has 1 unspecified atom stereocenters. The Hall–Kier alpha value is -3.35. The number of benzene rings is 2. The third-order valence-corrected chi connectivity index (χ3v) is 4.17. The second-order valence-electron chi connectivity index (χ2n) is 5.57. The van der Waals surface area contributed by atoms with Crippen LogP contribution < -0.4 is 14.8 Å². The molecule has 1 N–H and O–H groups in total. The van der Waals surface area contributed by atoms with Crippen LogP contribution in [0.25, 0.3) is 5.70 Å². The van der Waals surface area contributed by atoms with Crippen molar-refractivity contribution < 1.29 is 9.47 Å². The van der Waals surface area contributed by atoms with E-state index in [2.05, 4.69) is 26.9 Å². The molecule has 3 aromatic rings. The van der Waals surface area contributed by atoms with Gasteiger partial charge in [-0.1, -0.05) is 35.4 Å². The van der Waals surface area contributed by atoms with Gasteiger partial charge in [-0.15, -0.1) is 0 Å². The van der Waals surface area contributed by atoms with E-state index in [4.69, 9.17) is 9.47 Å². The van der Waals surface area contributed by atoms with Crippen LogP contribution in [0.1, 0.15) is 17.2 Å². The van der Waals surface area contributed by atoms with Crippen LogP contribution in [0.2, 0.25) is 0 Å². The van der Waals surface area contributed by atoms with E-state index in [0.29, 0.717) is 5.95 Å². The summed E-state index contributed by atoms with van der Waals surface area (Å²) in [4.78, 5) is 0. The van der Waals surface area contributed by atoms with Crippen LogP contribution in [-0.2, 0) is 0 Å². The van der Waals surface area contributed by atoms with E-state index < -0.39 is 0 Å². The highest BCUT2D eigenvalue weighted by molar-refractivity contribution is 5.77. The average Bonchev–Trinajstić information content (AvgIpc) is 3.16. The molecular weight excluding hydrogens is 318 g/mol. The lowest BCUT2D eigenvalue weighted by molar-refractivity contribution is 0.403. The summed E-state index contributed by atoms with van der Waals surface area (Å²) >= 11 is 0. The maximum Gasteiger partial charge on any atom is 0.248 e. The van der Waals surface area contributed by atoms with E-state index in [1.165, 1.54) is 0 Å². The summed E-state index contributed by atoms with van der Waals surface area (Å²) in [6, 6.07) is 15.5. The van der Waals surface area contributed by atoms with Crippen molar-refractivity contribution in [2.45, 2.75) is 6.04 Å². The predicted octanol–water partition coefficient (Wildman–Crippen LogP) is 2.75. The van der Waals surface area contributed by atoms with Crippen LogP contribution in [0.15, 0.2) is 54.6 Å². The SMILES string of the molecule is COc1cccc(C2=CC(c3ccccc3OC)n3nnnc3N2)c1. The van der Waals surface area contributed by atoms with Crippen LogP contribution >= 0.6 is 0 Å². The first-order valence-electron chi connectivity index (χ1n) is 7.84. The number of hydrogen-bond acceptors (Lipinski definition) is 6. The summed E-state index contributed by atoms with van der Waals surface area (Å²) in [6.45, 7) is 0. The number of nitrogens with one attached hydrogen (secondary N) is 1. The Labute approximate surface area is 144 Å². The zero-order valence-corrected chi connectivity index (χ0v) is 13.9. The summed E-state index contributed by atoms with van der Waals surface area (Å²) in [6.07, 6.45) is 2.08. The van der Waals surface area contributed by atoms with Crippen molar-refractivity contribution in [2.75, 3.05) is 19.5 Å². The first-order valence-corrected chi connectivity index (χ1v) is 7.84. The molecule has 2 aromatic carbocycles. The number of aromatic nitrogens is 4. The van der Waals surface area contributed by atoms with Crippen LogP contribution in [0.3, 0.4) is 0 Å². The van der Waals surface area contributed by atoms with Gasteiger partial charge >= 0.3 is 0 Å². The fourth-order valence-electron chi connectivity index (χ4n) is 2.95. The minimum atomic E-state index is -0.177. The lowest BCUT2D eigenvalue weighted by Gasteiger charge is -2.24. The number of ether oxygens (including phenoxy) is 2. The van der Waals surface area contributed by atoms with Crippen molar-refractivity contribution in [3.8, 4) is 11.5 Å². The Morgan fingerprint density at radius 1 is 1.04 bits per heavy atom. The molecule has 0 radical (unpaired) electrons. The van der Waals surface area contributed by atoms with E-state index in [-0.39, 0.29) is 6.04 Å². The van der Waals surface area contributed by atoms with Gasteiger partial charge in [-0.05, 0) is 34.7 Å². The van der Waals surface area contributed by atoms with Gasteiger partial charge in [0.2, 0.25) is 5.95 Å². The minimum absolute atomic E-state index is 0.177. The number of nitrogens with zero attached hydrogens (tertiary/aromatic N) is 4. The normalized spacial score (nSPS) is 15.8. The smallest absolute Gasteiger partial charge is 0.248 e. The molecule has 7 nitrogen and oxygen atoms in total. The quantitative estimate of drug-likeness (QED) is 0.790. The zero-order valence-electron chi connectivity index (χ0n) is 13.9. The molecule has 1 atom stereocenters. The molecule has 2 heterocycles. The topological polar surface area (TPSA) is 74.1 Å². The van der Waals surface area contributed by atoms with Crippen molar-refractivity contribution >= 4 is 11.6 Å². The van der Waals surface area contributed by atoms with Crippen molar-refractivity contribution in [1.29, 1.82) is 0 Å². The van der Waals surface area contributed by atoms with Crippen molar-refractivity contribution in [3.63, 3.8) is 0 Å².